The summed E-state index contributed by atoms with van der Waals surface area (Å²) in [7, 11) is 0. The highest BCUT2D eigenvalue weighted by molar-refractivity contribution is 5.11. The van der Waals surface area contributed by atoms with E-state index in [1.165, 1.54) is 0 Å². The summed E-state index contributed by atoms with van der Waals surface area (Å²) in [5.74, 6) is 0.551. The summed E-state index contributed by atoms with van der Waals surface area (Å²) in [6, 6.07) is 2.61. The van der Waals surface area contributed by atoms with Crippen molar-refractivity contribution in [3.05, 3.63) is 12.3 Å². The lowest BCUT2D eigenvalue weighted by molar-refractivity contribution is 0.223. The Balaban J connectivity index is 2.29. The lowest BCUT2D eigenvalue weighted by Crippen LogP contribution is -2.24. The highest BCUT2D eigenvalue weighted by Gasteiger charge is 2.03. The number of nitrogens with zero attached hydrogens (tertiary/aromatic N) is 2. The summed E-state index contributed by atoms with van der Waals surface area (Å²) in [5.41, 5.74) is 0. The molecule has 18 heavy (non-hydrogen) atoms. The number of aromatic nitrogens is 2. The number of ether oxygens (including phenoxy) is 2. The first-order valence-electron chi connectivity index (χ1n) is 6.44. The van der Waals surface area contributed by atoms with Crippen LogP contribution >= 0.6 is 0 Å². The third-order valence-corrected chi connectivity index (χ3v) is 2.07. The van der Waals surface area contributed by atoms with Crippen molar-refractivity contribution in [2.45, 2.75) is 46.3 Å². The molecule has 102 valence electrons. The van der Waals surface area contributed by atoms with E-state index in [1.807, 2.05) is 13.8 Å². The average molecular weight is 253 g/mol. The maximum absolute atomic E-state index is 5.47. The number of nitrogens with one attached hydrogen (secondary N) is 1. The summed E-state index contributed by atoms with van der Waals surface area (Å²) in [4.78, 5) is 8.22. The third-order valence-electron chi connectivity index (χ3n) is 2.07. The van der Waals surface area contributed by atoms with Crippen molar-refractivity contribution in [3.8, 4) is 11.9 Å². The maximum Gasteiger partial charge on any atom is 0.319 e. The molecule has 0 saturated carbocycles. The molecule has 0 spiro atoms. The average Bonchev–Trinajstić information content (AvgIpc) is 2.27. The fraction of sp³-hybridized carbons (Fsp3) is 0.692. The molecule has 0 saturated heterocycles. The molecular weight excluding hydrogens is 230 g/mol. The van der Waals surface area contributed by atoms with Crippen LogP contribution in [-0.2, 0) is 0 Å². The third kappa shape index (κ3) is 6.39. The van der Waals surface area contributed by atoms with Crippen molar-refractivity contribution < 1.29 is 9.47 Å². The second-order valence-corrected chi connectivity index (χ2v) is 4.65. The van der Waals surface area contributed by atoms with Crippen LogP contribution in [-0.4, -0.2) is 35.3 Å². The zero-order valence-electron chi connectivity index (χ0n) is 11.6. The first-order valence-corrected chi connectivity index (χ1v) is 6.44. The van der Waals surface area contributed by atoms with Crippen LogP contribution in [0.5, 0.6) is 11.9 Å². The minimum atomic E-state index is 0.1000. The van der Waals surface area contributed by atoms with E-state index >= 15 is 0 Å². The van der Waals surface area contributed by atoms with Crippen molar-refractivity contribution in [1.29, 1.82) is 0 Å². The highest BCUT2D eigenvalue weighted by Crippen LogP contribution is 2.11. The maximum atomic E-state index is 5.47. The molecule has 5 nitrogen and oxygen atoms in total. The minimum Gasteiger partial charge on any atom is -0.475 e. The molecule has 0 aliphatic heterocycles. The zero-order valence-corrected chi connectivity index (χ0v) is 11.6. The molecule has 1 N–H and O–H groups in total. The fourth-order valence-corrected chi connectivity index (χ4v) is 1.33. The molecular formula is C13H23N3O2. The molecule has 0 aliphatic carbocycles. The van der Waals surface area contributed by atoms with Crippen LogP contribution in [0.15, 0.2) is 12.3 Å². The molecule has 0 unspecified atom stereocenters. The second kappa shape index (κ2) is 7.87. The van der Waals surface area contributed by atoms with E-state index in [-0.39, 0.29) is 6.10 Å². The van der Waals surface area contributed by atoms with Gasteiger partial charge in [0, 0.05) is 18.3 Å². The highest BCUT2D eigenvalue weighted by atomic mass is 16.5. The predicted octanol–water partition coefficient (Wildman–Crippen LogP) is 2.03. The van der Waals surface area contributed by atoms with Crippen LogP contribution < -0.4 is 14.8 Å². The summed E-state index contributed by atoms with van der Waals surface area (Å²) in [5, 5.41) is 3.32. The van der Waals surface area contributed by atoms with E-state index in [4.69, 9.17) is 9.47 Å². The molecule has 1 aromatic rings. The van der Waals surface area contributed by atoms with Crippen LogP contribution in [0.25, 0.3) is 0 Å². The van der Waals surface area contributed by atoms with E-state index in [0.29, 0.717) is 24.5 Å². The van der Waals surface area contributed by atoms with Gasteiger partial charge in [-0.1, -0.05) is 13.8 Å². The lowest BCUT2D eigenvalue weighted by Gasteiger charge is -2.10. The van der Waals surface area contributed by atoms with Gasteiger partial charge in [-0.3, -0.25) is 0 Å². The molecule has 0 amide bonds. The molecule has 0 aliphatic rings. The Hall–Kier alpha value is -1.36. The van der Waals surface area contributed by atoms with Crippen molar-refractivity contribution >= 4 is 0 Å². The van der Waals surface area contributed by atoms with E-state index < -0.39 is 0 Å². The Bertz CT molecular complexity index is 343. The van der Waals surface area contributed by atoms with Crippen LogP contribution in [0.3, 0.4) is 0 Å². The van der Waals surface area contributed by atoms with Gasteiger partial charge in [-0.25, -0.2) is 4.98 Å². The minimum absolute atomic E-state index is 0.1000. The van der Waals surface area contributed by atoms with Gasteiger partial charge in [0.2, 0.25) is 5.88 Å². The van der Waals surface area contributed by atoms with Crippen molar-refractivity contribution in [3.63, 3.8) is 0 Å². The summed E-state index contributed by atoms with van der Waals surface area (Å²) in [6.45, 7) is 9.69. The predicted molar refractivity (Wildman–Crippen MR) is 71.0 cm³/mol. The van der Waals surface area contributed by atoms with E-state index in [0.717, 1.165) is 13.0 Å². The molecule has 0 bridgehead atoms. The van der Waals surface area contributed by atoms with Gasteiger partial charge in [0.25, 0.3) is 0 Å². The first kappa shape index (κ1) is 14.7. The van der Waals surface area contributed by atoms with Gasteiger partial charge >= 0.3 is 6.01 Å². The van der Waals surface area contributed by atoms with Gasteiger partial charge in [-0.15, -0.1) is 0 Å². The number of hydrogen-bond acceptors (Lipinski definition) is 5. The molecule has 1 rings (SSSR count). The quantitative estimate of drug-likeness (QED) is 0.718. The van der Waals surface area contributed by atoms with Crippen LogP contribution in [0.2, 0.25) is 0 Å². The topological polar surface area (TPSA) is 56.3 Å². The van der Waals surface area contributed by atoms with E-state index in [2.05, 4.69) is 29.1 Å². The first-order chi connectivity index (χ1) is 8.58. The van der Waals surface area contributed by atoms with Gasteiger partial charge in [-0.2, -0.15) is 4.98 Å². The Kier molecular flexibility index (Phi) is 6.43. The molecule has 1 aromatic heterocycles. The standard InChI is InChI=1S/C13H23N3O2/c1-10(2)14-7-5-9-17-13-15-8-6-12(16-13)18-11(3)4/h6,8,10-11,14H,5,7,9H2,1-4H3. The smallest absolute Gasteiger partial charge is 0.319 e. The van der Waals surface area contributed by atoms with Crippen molar-refractivity contribution in [2.75, 3.05) is 13.2 Å². The Morgan fingerprint density at radius 2 is 2.06 bits per heavy atom. The number of hydrogen-bond donors (Lipinski definition) is 1. The Morgan fingerprint density at radius 3 is 2.72 bits per heavy atom. The second-order valence-electron chi connectivity index (χ2n) is 4.65. The van der Waals surface area contributed by atoms with Crippen LogP contribution in [0.4, 0.5) is 0 Å². The van der Waals surface area contributed by atoms with Gasteiger partial charge < -0.3 is 14.8 Å². The summed E-state index contributed by atoms with van der Waals surface area (Å²) < 4.78 is 10.9. The molecule has 0 atom stereocenters. The van der Waals surface area contributed by atoms with Crippen molar-refractivity contribution in [2.24, 2.45) is 0 Å². The number of rotatable bonds is 8. The van der Waals surface area contributed by atoms with Crippen LogP contribution in [0, 0.1) is 0 Å². The summed E-state index contributed by atoms with van der Waals surface area (Å²) >= 11 is 0. The van der Waals surface area contributed by atoms with Gasteiger partial charge in [0.1, 0.15) is 0 Å². The lowest BCUT2D eigenvalue weighted by atomic mass is 10.3. The molecule has 5 heteroatoms. The molecule has 1 heterocycles. The van der Waals surface area contributed by atoms with E-state index in [1.54, 1.807) is 12.3 Å². The Morgan fingerprint density at radius 1 is 1.28 bits per heavy atom. The van der Waals surface area contributed by atoms with Gasteiger partial charge in [-0.05, 0) is 26.8 Å². The molecule has 0 aromatic carbocycles. The zero-order chi connectivity index (χ0) is 13.4. The van der Waals surface area contributed by atoms with Gasteiger partial charge in [0.15, 0.2) is 0 Å². The molecule has 0 radical (unpaired) electrons. The van der Waals surface area contributed by atoms with E-state index in [9.17, 15) is 0 Å². The van der Waals surface area contributed by atoms with Crippen LogP contribution in [0.1, 0.15) is 34.1 Å². The normalized spacial score (nSPS) is 11.0. The van der Waals surface area contributed by atoms with Gasteiger partial charge in [0.05, 0.1) is 12.7 Å². The molecule has 0 fully saturated rings. The fourth-order valence-electron chi connectivity index (χ4n) is 1.33. The largest absolute Gasteiger partial charge is 0.475 e. The monoisotopic (exact) mass is 253 g/mol. The SMILES string of the molecule is CC(C)NCCCOc1nccc(OC(C)C)n1. The van der Waals surface area contributed by atoms with Crippen molar-refractivity contribution in [1.82, 2.24) is 15.3 Å². The summed E-state index contributed by atoms with van der Waals surface area (Å²) in [6.07, 6.45) is 2.67. The Labute approximate surface area is 109 Å².